The van der Waals surface area contributed by atoms with Gasteiger partial charge in [-0.25, -0.2) is 9.59 Å². The molecule has 0 aliphatic carbocycles. The first-order valence-corrected chi connectivity index (χ1v) is 12.7. The van der Waals surface area contributed by atoms with E-state index in [1.165, 1.54) is 5.69 Å². The van der Waals surface area contributed by atoms with Crippen LogP contribution in [0, 0.1) is 0 Å². The molecule has 0 unspecified atom stereocenters. The molecule has 0 bridgehead atoms. The van der Waals surface area contributed by atoms with E-state index < -0.39 is 0 Å². The first-order valence-electron chi connectivity index (χ1n) is 12.7. The highest BCUT2D eigenvalue weighted by molar-refractivity contribution is 5.70. The molecule has 4 fully saturated rings. The first-order chi connectivity index (χ1) is 17.9. The van der Waals surface area contributed by atoms with Crippen LogP contribution in [-0.4, -0.2) is 74.9 Å². The van der Waals surface area contributed by atoms with E-state index in [0.29, 0.717) is 13.1 Å². The summed E-state index contributed by atoms with van der Waals surface area (Å²) in [5.74, 6) is 1.15. The average molecular weight is 511 g/mol. The number of amides is 2. The van der Waals surface area contributed by atoms with Gasteiger partial charge in [-0.2, -0.15) is 0 Å². The van der Waals surface area contributed by atoms with Crippen LogP contribution in [0.2, 0.25) is 0 Å². The van der Waals surface area contributed by atoms with Gasteiger partial charge < -0.3 is 39.8 Å². The quantitative estimate of drug-likeness (QED) is 0.577. The fourth-order valence-corrected chi connectivity index (χ4v) is 5.36. The molecule has 2 aromatic carbocycles. The molecule has 3 N–H and O–H groups in total. The Morgan fingerprint density at radius 3 is 1.49 bits per heavy atom. The second kappa shape index (κ2) is 10.3. The summed E-state index contributed by atoms with van der Waals surface area (Å²) >= 11 is 0. The molecule has 6 rings (SSSR count). The highest BCUT2D eigenvalue weighted by atomic mass is 16.6. The number of carbonyl (C=O) groups excluding carboxylic acids is 2. The van der Waals surface area contributed by atoms with Crippen molar-refractivity contribution in [3.63, 3.8) is 0 Å². The van der Waals surface area contributed by atoms with Crippen LogP contribution < -0.4 is 25.2 Å². The molecule has 4 saturated heterocycles. The van der Waals surface area contributed by atoms with Crippen LogP contribution in [0.4, 0.5) is 21.0 Å². The molecule has 10 heteroatoms. The maximum atomic E-state index is 11.2. The van der Waals surface area contributed by atoms with Gasteiger partial charge in [-0.15, -0.1) is 0 Å². The number of hydrogen-bond acceptors (Lipinski definition) is 8. The van der Waals surface area contributed by atoms with E-state index in [9.17, 15) is 14.7 Å². The van der Waals surface area contributed by atoms with Crippen molar-refractivity contribution in [2.75, 3.05) is 56.2 Å². The predicted octanol–water partition coefficient (Wildman–Crippen LogP) is 3.25. The maximum Gasteiger partial charge on any atom is 0.407 e. The lowest BCUT2D eigenvalue weighted by Crippen LogP contribution is -2.46. The van der Waals surface area contributed by atoms with E-state index in [2.05, 4.69) is 32.6 Å². The van der Waals surface area contributed by atoms with Gasteiger partial charge in [0.15, 0.2) is 0 Å². The second-order valence-corrected chi connectivity index (χ2v) is 10.0. The minimum Gasteiger partial charge on any atom is -0.508 e. The number of phenolic OH excluding ortho intramolecular Hbond substituents is 1. The summed E-state index contributed by atoms with van der Waals surface area (Å²) < 4.78 is 16.0. The molecule has 37 heavy (non-hydrogen) atoms. The van der Waals surface area contributed by atoms with Gasteiger partial charge in [0.05, 0.1) is 20.2 Å². The Morgan fingerprint density at radius 1 is 0.730 bits per heavy atom. The largest absolute Gasteiger partial charge is 0.508 e. The third-order valence-corrected chi connectivity index (χ3v) is 7.73. The van der Waals surface area contributed by atoms with Crippen LogP contribution in [0.25, 0.3) is 0 Å². The minimum atomic E-state index is -0.301. The smallest absolute Gasteiger partial charge is 0.407 e. The molecule has 10 nitrogen and oxygen atoms in total. The summed E-state index contributed by atoms with van der Waals surface area (Å²) in [4.78, 5) is 26.9. The molecule has 0 radical (unpaired) electrons. The maximum absolute atomic E-state index is 11.2. The van der Waals surface area contributed by atoms with Crippen molar-refractivity contribution in [3.05, 3.63) is 48.5 Å². The molecular weight excluding hydrogens is 476 g/mol. The third-order valence-electron chi connectivity index (χ3n) is 7.73. The van der Waals surface area contributed by atoms with Gasteiger partial charge in [0.25, 0.3) is 0 Å². The number of aromatic hydroxyl groups is 1. The fraction of sp³-hybridized carbons (Fsp3) is 0.481. The third kappa shape index (κ3) is 5.63. The molecule has 4 heterocycles. The van der Waals surface area contributed by atoms with E-state index in [-0.39, 0.29) is 29.1 Å². The summed E-state index contributed by atoms with van der Waals surface area (Å²) in [7, 11) is 1.67. The van der Waals surface area contributed by atoms with Crippen molar-refractivity contribution in [3.8, 4) is 11.5 Å². The van der Waals surface area contributed by atoms with E-state index >= 15 is 0 Å². The van der Waals surface area contributed by atoms with Gasteiger partial charge >= 0.3 is 12.2 Å². The van der Waals surface area contributed by atoms with Crippen molar-refractivity contribution in [1.82, 2.24) is 10.6 Å². The van der Waals surface area contributed by atoms with E-state index in [1.54, 1.807) is 19.2 Å². The standard InChI is InChI=1S/C14H18N2O3.C13H16N2O3/c1-18-12-4-2-11(3-5-12)16-8-6-14(7-9-16)10-15-13(17)19-14;16-11-3-1-10(2-4-11)15-7-5-13(6-8-15)9-14-12(17)18-13/h2-5H,6-10H2,1H3,(H,15,17);1-4,16H,5-9H2,(H,14,17). The number of ether oxygens (including phenoxy) is 3. The predicted molar refractivity (Wildman–Crippen MR) is 138 cm³/mol. The average Bonchev–Trinajstić information content (AvgIpc) is 3.47. The molecule has 2 aromatic rings. The molecule has 0 atom stereocenters. The number of phenols is 1. The molecule has 4 aliphatic rings. The number of alkyl carbamates (subject to hydrolysis) is 2. The summed E-state index contributed by atoms with van der Waals surface area (Å²) in [5, 5.41) is 14.8. The fourth-order valence-electron chi connectivity index (χ4n) is 5.36. The van der Waals surface area contributed by atoms with Gasteiger partial charge in [-0.05, 0) is 48.5 Å². The zero-order chi connectivity index (χ0) is 25.9. The van der Waals surface area contributed by atoms with Crippen LogP contribution in [0.3, 0.4) is 0 Å². The number of carbonyl (C=O) groups is 2. The highest BCUT2D eigenvalue weighted by Gasteiger charge is 2.43. The minimum absolute atomic E-state index is 0.278. The van der Waals surface area contributed by atoms with Gasteiger partial charge in [-0.1, -0.05) is 0 Å². The first kappa shape index (κ1) is 24.9. The Kier molecular flexibility index (Phi) is 6.90. The SMILES string of the molecule is COc1ccc(N2CCC3(CC2)CNC(=O)O3)cc1.O=C1NCC2(CCN(c3ccc(O)cc3)CC2)O1. The van der Waals surface area contributed by atoms with Gasteiger partial charge in [0.2, 0.25) is 0 Å². The topological polar surface area (TPSA) is 113 Å². The van der Waals surface area contributed by atoms with Crippen LogP contribution in [0.15, 0.2) is 48.5 Å². The molecule has 4 aliphatic heterocycles. The number of rotatable bonds is 3. The van der Waals surface area contributed by atoms with Crippen molar-refractivity contribution in [2.45, 2.75) is 36.9 Å². The van der Waals surface area contributed by atoms with Gasteiger partial charge in [-0.3, -0.25) is 0 Å². The van der Waals surface area contributed by atoms with Crippen LogP contribution in [0.1, 0.15) is 25.7 Å². The summed E-state index contributed by atoms with van der Waals surface area (Å²) in [5.41, 5.74) is 1.71. The molecule has 2 spiro atoms. The zero-order valence-corrected chi connectivity index (χ0v) is 21.1. The Hall–Kier alpha value is -3.82. The molecular formula is C27H34N4O6. The lowest BCUT2D eigenvalue weighted by atomic mass is 9.91. The Bertz CT molecular complexity index is 1090. The van der Waals surface area contributed by atoms with Crippen LogP contribution >= 0.6 is 0 Å². The summed E-state index contributed by atoms with van der Waals surface area (Å²) in [6.45, 7) is 4.79. The number of piperidine rings is 2. The Balaban J connectivity index is 0.000000152. The van der Waals surface area contributed by atoms with E-state index in [0.717, 1.165) is 63.3 Å². The van der Waals surface area contributed by atoms with Crippen LogP contribution in [-0.2, 0) is 9.47 Å². The Morgan fingerprint density at radius 2 is 1.14 bits per heavy atom. The van der Waals surface area contributed by atoms with Gasteiger partial charge in [0, 0.05) is 63.2 Å². The molecule has 0 saturated carbocycles. The lowest BCUT2D eigenvalue weighted by molar-refractivity contribution is 0.0360. The van der Waals surface area contributed by atoms with Crippen molar-refractivity contribution < 1.29 is 28.9 Å². The lowest BCUT2D eigenvalue weighted by Gasteiger charge is -2.38. The molecule has 0 aromatic heterocycles. The van der Waals surface area contributed by atoms with Crippen molar-refractivity contribution in [2.24, 2.45) is 0 Å². The van der Waals surface area contributed by atoms with Crippen molar-refractivity contribution >= 4 is 23.6 Å². The normalized spacial score (nSPS) is 21.4. The molecule has 2 amide bonds. The number of nitrogens with one attached hydrogen (secondary N) is 2. The number of anilines is 2. The monoisotopic (exact) mass is 510 g/mol. The number of benzene rings is 2. The summed E-state index contributed by atoms with van der Waals surface area (Å²) in [6, 6.07) is 15.3. The van der Waals surface area contributed by atoms with E-state index in [4.69, 9.17) is 14.2 Å². The highest BCUT2D eigenvalue weighted by Crippen LogP contribution is 2.33. The van der Waals surface area contributed by atoms with Crippen molar-refractivity contribution in [1.29, 1.82) is 0 Å². The van der Waals surface area contributed by atoms with Gasteiger partial charge in [0.1, 0.15) is 22.7 Å². The summed E-state index contributed by atoms with van der Waals surface area (Å²) in [6.07, 6.45) is 2.85. The molecule has 198 valence electrons. The second-order valence-electron chi connectivity index (χ2n) is 10.0. The van der Waals surface area contributed by atoms with E-state index in [1.807, 2.05) is 24.3 Å². The number of hydrogen-bond donors (Lipinski definition) is 3. The van der Waals surface area contributed by atoms with Crippen LogP contribution in [0.5, 0.6) is 11.5 Å². The zero-order valence-electron chi connectivity index (χ0n) is 21.1. The number of nitrogens with zero attached hydrogens (tertiary/aromatic N) is 2. The Labute approximate surface area is 216 Å². The number of methoxy groups -OCH3 is 1.